The molecule has 0 bridgehead atoms. The predicted molar refractivity (Wildman–Crippen MR) is 50.4 cm³/mol. The van der Waals surface area contributed by atoms with Gasteiger partial charge in [0.15, 0.2) is 5.79 Å². The summed E-state index contributed by atoms with van der Waals surface area (Å²) >= 11 is 0.847. The van der Waals surface area contributed by atoms with Crippen LogP contribution in [-0.2, 0) is 32.6 Å². The van der Waals surface area contributed by atoms with Crippen molar-refractivity contribution >= 4 is 9.69 Å². The normalized spacial score (nSPS) is 18.6. The Morgan fingerprint density at radius 1 is 1.29 bits per heavy atom. The summed E-state index contributed by atoms with van der Waals surface area (Å²) in [5, 5.41) is 0. The summed E-state index contributed by atoms with van der Waals surface area (Å²) in [6, 6.07) is 10.6. The molecule has 0 aromatic heterocycles. The zero-order valence-electron chi connectivity index (χ0n) is 8.13. The van der Waals surface area contributed by atoms with Crippen LogP contribution in [0.3, 0.4) is 0 Å². The fourth-order valence-corrected chi connectivity index (χ4v) is 1.37. The third-order valence-corrected chi connectivity index (χ3v) is 2.08. The zero-order chi connectivity index (χ0) is 10.4. The molecule has 0 aliphatic carbocycles. The molecular formula is C10H11ClO2Zn. The van der Waals surface area contributed by atoms with Gasteiger partial charge in [-0.25, -0.2) is 0 Å². The molecule has 1 heterocycles. The SMILES string of the molecule is CC1(c2cc[c-]cc2)OCCO1.[Cl][Zn+]. The minimum atomic E-state index is -0.533. The fourth-order valence-electron chi connectivity index (χ4n) is 1.37. The summed E-state index contributed by atoms with van der Waals surface area (Å²) < 4.78 is 11.0. The van der Waals surface area contributed by atoms with Gasteiger partial charge < -0.3 is 9.47 Å². The van der Waals surface area contributed by atoms with Gasteiger partial charge in [0, 0.05) is 0 Å². The van der Waals surface area contributed by atoms with Gasteiger partial charge in [0.25, 0.3) is 0 Å². The maximum absolute atomic E-state index is 5.49. The molecule has 1 fully saturated rings. The molecule has 0 amide bonds. The van der Waals surface area contributed by atoms with Crippen molar-refractivity contribution in [1.82, 2.24) is 0 Å². The average molecular weight is 264 g/mol. The molecular weight excluding hydrogens is 253 g/mol. The molecule has 1 aliphatic rings. The number of hydrogen-bond donors (Lipinski definition) is 0. The van der Waals surface area contributed by atoms with Gasteiger partial charge in [0.1, 0.15) is 0 Å². The Balaban J connectivity index is 0.000000461. The van der Waals surface area contributed by atoms with E-state index in [0.717, 1.165) is 22.9 Å². The Kier molecular flexibility index (Phi) is 5.04. The van der Waals surface area contributed by atoms with Crippen LogP contribution in [0.25, 0.3) is 0 Å². The summed E-state index contributed by atoms with van der Waals surface area (Å²) in [6.07, 6.45) is 0. The van der Waals surface area contributed by atoms with Crippen LogP contribution in [-0.4, -0.2) is 13.2 Å². The Morgan fingerprint density at radius 2 is 1.79 bits per heavy atom. The molecule has 1 aromatic rings. The van der Waals surface area contributed by atoms with E-state index in [1.807, 2.05) is 31.2 Å². The molecule has 1 aromatic carbocycles. The van der Waals surface area contributed by atoms with E-state index in [4.69, 9.17) is 19.2 Å². The molecule has 2 rings (SSSR count). The van der Waals surface area contributed by atoms with Gasteiger partial charge in [-0.3, -0.25) is 0 Å². The van der Waals surface area contributed by atoms with Crippen molar-refractivity contribution in [3.63, 3.8) is 0 Å². The summed E-state index contributed by atoms with van der Waals surface area (Å²) in [5.74, 6) is -0.533. The third kappa shape index (κ3) is 2.77. The third-order valence-electron chi connectivity index (χ3n) is 2.08. The van der Waals surface area contributed by atoms with Crippen molar-refractivity contribution in [3.8, 4) is 0 Å². The van der Waals surface area contributed by atoms with Crippen LogP contribution in [0.2, 0.25) is 0 Å². The van der Waals surface area contributed by atoms with E-state index in [-0.39, 0.29) is 0 Å². The first-order valence-corrected chi connectivity index (χ1v) is 8.22. The Hall–Kier alpha value is 0.0534. The second kappa shape index (κ2) is 5.82. The van der Waals surface area contributed by atoms with E-state index in [2.05, 4.69) is 6.07 Å². The number of rotatable bonds is 1. The summed E-state index contributed by atoms with van der Waals surface area (Å²) in [5.41, 5.74) is 1.05. The summed E-state index contributed by atoms with van der Waals surface area (Å²) in [6.45, 7) is 3.29. The summed E-state index contributed by atoms with van der Waals surface area (Å²) in [4.78, 5) is 0. The molecule has 0 saturated carbocycles. The first kappa shape index (κ1) is 12.1. The van der Waals surface area contributed by atoms with E-state index in [0.29, 0.717) is 13.2 Å². The van der Waals surface area contributed by atoms with Crippen molar-refractivity contribution < 1.29 is 26.8 Å². The average Bonchev–Trinajstić information content (AvgIpc) is 2.71. The van der Waals surface area contributed by atoms with Gasteiger partial charge in [-0.15, -0.1) is 0 Å². The fraction of sp³-hybridized carbons (Fsp3) is 0.400. The van der Waals surface area contributed by atoms with Crippen LogP contribution in [0.5, 0.6) is 0 Å². The van der Waals surface area contributed by atoms with Crippen molar-refractivity contribution in [1.29, 1.82) is 0 Å². The molecule has 0 radical (unpaired) electrons. The monoisotopic (exact) mass is 262 g/mol. The second-order valence-corrected chi connectivity index (χ2v) is 2.93. The number of benzene rings is 1. The quantitative estimate of drug-likeness (QED) is 0.572. The zero-order valence-corrected chi connectivity index (χ0v) is 11.8. The Morgan fingerprint density at radius 3 is 2.29 bits per heavy atom. The molecule has 0 atom stereocenters. The first-order valence-electron chi connectivity index (χ1n) is 4.32. The molecule has 0 spiro atoms. The van der Waals surface area contributed by atoms with Crippen LogP contribution in [0, 0.1) is 6.07 Å². The Bertz CT molecular complexity index is 260. The van der Waals surface area contributed by atoms with Gasteiger partial charge in [-0.1, -0.05) is 5.56 Å². The van der Waals surface area contributed by atoms with Crippen LogP contribution in [0.1, 0.15) is 12.5 Å². The summed E-state index contributed by atoms with van der Waals surface area (Å²) in [7, 11) is 4.76. The second-order valence-electron chi connectivity index (χ2n) is 2.93. The number of ether oxygens (including phenoxy) is 2. The molecule has 1 aliphatic heterocycles. The molecule has 14 heavy (non-hydrogen) atoms. The van der Waals surface area contributed by atoms with E-state index in [9.17, 15) is 0 Å². The molecule has 0 unspecified atom stereocenters. The number of halogens is 1. The van der Waals surface area contributed by atoms with Gasteiger partial charge >= 0.3 is 27.0 Å². The van der Waals surface area contributed by atoms with Crippen molar-refractivity contribution in [2.45, 2.75) is 12.7 Å². The van der Waals surface area contributed by atoms with Crippen LogP contribution >= 0.6 is 9.69 Å². The topological polar surface area (TPSA) is 18.5 Å². The molecule has 1 saturated heterocycles. The molecule has 72 valence electrons. The van der Waals surface area contributed by atoms with Crippen molar-refractivity contribution in [2.75, 3.05) is 13.2 Å². The Labute approximate surface area is 98.3 Å². The van der Waals surface area contributed by atoms with E-state index < -0.39 is 5.79 Å². The van der Waals surface area contributed by atoms with Crippen LogP contribution in [0.4, 0.5) is 0 Å². The van der Waals surface area contributed by atoms with E-state index >= 15 is 0 Å². The van der Waals surface area contributed by atoms with E-state index in [1.54, 1.807) is 0 Å². The molecule has 2 nitrogen and oxygen atoms in total. The molecule has 0 N–H and O–H groups in total. The standard InChI is InChI=1S/C10H11O2.ClH.Zn/c1-10(11-7-8-12-10)9-5-3-2-4-6-9;;/h3-6H,7-8H2,1H3;1H;/q-1;;+2/p-1. The van der Waals surface area contributed by atoms with Crippen LogP contribution in [0.15, 0.2) is 24.3 Å². The predicted octanol–water partition coefficient (Wildman–Crippen LogP) is 2.39. The first-order chi connectivity index (χ1) is 6.81. The number of hydrogen-bond acceptors (Lipinski definition) is 2. The van der Waals surface area contributed by atoms with Gasteiger partial charge in [-0.2, -0.15) is 30.3 Å². The van der Waals surface area contributed by atoms with E-state index in [1.165, 1.54) is 0 Å². The minimum absolute atomic E-state index is 0.533. The van der Waals surface area contributed by atoms with Gasteiger partial charge in [0.05, 0.1) is 13.2 Å². The van der Waals surface area contributed by atoms with Gasteiger partial charge in [-0.05, 0) is 6.92 Å². The maximum atomic E-state index is 5.49. The van der Waals surface area contributed by atoms with Gasteiger partial charge in [0.2, 0.25) is 0 Å². The van der Waals surface area contributed by atoms with Crippen molar-refractivity contribution in [2.24, 2.45) is 0 Å². The van der Waals surface area contributed by atoms with Crippen molar-refractivity contribution in [3.05, 3.63) is 35.9 Å². The molecule has 4 heteroatoms. The van der Waals surface area contributed by atoms with Crippen LogP contribution < -0.4 is 0 Å².